The Balaban J connectivity index is 1.49. The van der Waals surface area contributed by atoms with Crippen molar-refractivity contribution >= 4 is 22.4 Å². The van der Waals surface area contributed by atoms with Crippen molar-refractivity contribution in [3.63, 3.8) is 0 Å². The van der Waals surface area contributed by atoms with Gasteiger partial charge < -0.3 is 23.9 Å². The van der Waals surface area contributed by atoms with Crippen molar-refractivity contribution in [1.82, 2.24) is 5.32 Å². The number of benzene rings is 2. The van der Waals surface area contributed by atoms with E-state index in [4.69, 9.17) is 18.6 Å². The molecule has 1 N–H and O–H groups in total. The van der Waals surface area contributed by atoms with E-state index in [1.807, 2.05) is 38.1 Å². The highest BCUT2D eigenvalue weighted by Gasteiger charge is 2.20. The van der Waals surface area contributed by atoms with Crippen LogP contribution in [0.4, 0.5) is 0 Å². The summed E-state index contributed by atoms with van der Waals surface area (Å²) in [6.07, 6.45) is 6.71. The fourth-order valence-corrected chi connectivity index (χ4v) is 4.56. The Hall–Kier alpha value is -3.41. The normalized spacial score (nSPS) is 13.5. The highest BCUT2D eigenvalue weighted by Crippen LogP contribution is 2.38. The van der Waals surface area contributed by atoms with Gasteiger partial charge in [0, 0.05) is 41.6 Å². The third-order valence-electron chi connectivity index (χ3n) is 6.29. The quantitative estimate of drug-likeness (QED) is 0.425. The van der Waals surface area contributed by atoms with E-state index in [1.54, 1.807) is 20.3 Å². The van der Waals surface area contributed by atoms with Crippen LogP contribution in [0.25, 0.3) is 16.5 Å². The maximum absolute atomic E-state index is 12.7. The Morgan fingerprint density at radius 2 is 1.85 bits per heavy atom. The first-order valence-electron chi connectivity index (χ1n) is 11.9. The molecule has 0 spiro atoms. The minimum atomic E-state index is -0.130. The van der Waals surface area contributed by atoms with Gasteiger partial charge in [0.25, 0.3) is 0 Å². The monoisotopic (exact) mass is 463 g/mol. The summed E-state index contributed by atoms with van der Waals surface area (Å²) in [5.74, 6) is 3.08. The van der Waals surface area contributed by atoms with Gasteiger partial charge in [0.15, 0.2) is 11.5 Å². The summed E-state index contributed by atoms with van der Waals surface area (Å²) in [4.78, 5) is 12.7. The molecular formula is C28H33NO5. The van der Waals surface area contributed by atoms with E-state index in [0.29, 0.717) is 31.1 Å². The molecule has 6 nitrogen and oxygen atoms in total. The lowest BCUT2D eigenvalue weighted by atomic mass is 9.94. The molecule has 34 heavy (non-hydrogen) atoms. The van der Waals surface area contributed by atoms with Crippen LogP contribution in [0, 0.1) is 0 Å². The molecule has 0 saturated heterocycles. The summed E-state index contributed by atoms with van der Waals surface area (Å²) in [6, 6.07) is 9.88. The minimum absolute atomic E-state index is 0.130. The number of methoxy groups -OCH3 is 2. The second kappa shape index (κ2) is 10.7. The molecule has 1 amide bonds. The van der Waals surface area contributed by atoms with Gasteiger partial charge in [0.05, 0.1) is 20.8 Å². The summed E-state index contributed by atoms with van der Waals surface area (Å²) < 4.78 is 22.7. The van der Waals surface area contributed by atoms with E-state index in [-0.39, 0.29) is 5.91 Å². The highest BCUT2D eigenvalue weighted by molar-refractivity contribution is 5.97. The van der Waals surface area contributed by atoms with E-state index in [9.17, 15) is 4.79 Å². The fourth-order valence-electron chi connectivity index (χ4n) is 4.56. The molecule has 1 heterocycles. The van der Waals surface area contributed by atoms with Gasteiger partial charge in [-0.3, -0.25) is 4.79 Å². The van der Waals surface area contributed by atoms with Crippen LogP contribution in [0.3, 0.4) is 0 Å². The van der Waals surface area contributed by atoms with Gasteiger partial charge in [-0.15, -0.1) is 0 Å². The van der Waals surface area contributed by atoms with E-state index < -0.39 is 0 Å². The van der Waals surface area contributed by atoms with Gasteiger partial charge in [-0.25, -0.2) is 0 Å². The zero-order valence-corrected chi connectivity index (χ0v) is 20.5. The van der Waals surface area contributed by atoms with Gasteiger partial charge >= 0.3 is 0 Å². The van der Waals surface area contributed by atoms with Gasteiger partial charge in [-0.05, 0) is 68.9 Å². The summed E-state index contributed by atoms with van der Waals surface area (Å²) in [5, 5.41) is 4.12. The van der Waals surface area contributed by atoms with Crippen LogP contribution < -0.4 is 19.5 Å². The molecular weight excluding hydrogens is 430 g/mol. The molecule has 0 aliphatic heterocycles. The molecule has 1 aliphatic rings. The number of amides is 1. The molecule has 1 aromatic heterocycles. The van der Waals surface area contributed by atoms with Gasteiger partial charge in [0.1, 0.15) is 17.1 Å². The topological polar surface area (TPSA) is 69.9 Å². The largest absolute Gasteiger partial charge is 0.493 e. The van der Waals surface area contributed by atoms with Crippen LogP contribution in [-0.2, 0) is 24.1 Å². The number of rotatable bonds is 9. The summed E-state index contributed by atoms with van der Waals surface area (Å²) in [6.45, 7) is 4.97. The zero-order chi connectivity index (χ0) is 24.1. The number of allylic oxidation sites excluding steroid dienone is 1. The number of carbonyl (C=O) groups excluding carboxylic acids is 1. The Kier molecular flexibility index (Phi) is 7.46. The molecule has 3 aromatic rings. The number of furan rings is 1. The van der Waals surface area contributed by atoms with Crippen molar-refractivity contribution in [3.05, 3.63) is 58.9 Å². The SMILES string of the molecule is CCOc1cc2oc3c(c2cc1/C(C)=C/C(=O)NCCc1ccc(OC)c(OC)c1)CCCC3. The molecule has 0 saturated carbocycles. The molecule has 6 heteroatoms. The average molecular weight is 464 g/mol. The number of aryl methyl sites for hydroxylation is 2. The lowest BCUT2D eigenvalue weighted by Gasteiger charge is -2.12. The van der Waals surface area contributed by atoms with Crippen molar-refractivity contribution in [1.29, 1.82) is 0 Å². The molecule has 2 aromatic carbocycles. The van der Waals surface area contributed by atoms with Crippen LogP contribution in [0.1, 0.15) is 49.1 Å². The van der Waals surface area contributed by atoms with E-state index in [1.165, 1.54) is 18.4 Å². The number of fused-ring (bicyclic) bond motifs is 3. The molecule has 180 valence electrons. The molecule has 0 unspecified atom stereocenters. The van der Waals surface area contributed by atoms with Crippen LogP contribution >= 0.6 is 0 Å². The average Bonchev–Trinajstić information content (AvgIpc) is 3.21. The van der Waals surface area contributed by atoms with Crippen molar-refractivity contribution in [3.8, 4) is 17.2 Å². The van der Waals surface area contributed by atoms with Gasteiger partial charge in [-0.1, -0.05) is 6.07 Å². The Morgan fingerprint density at radius 1 is 1.06 bits per heavy atom. The van der Waals surface area contributed by atoms with Crippen molar-refractivity contribution in [2.24, 2.45) is 0 Å². The van der Waals surface area contributed by atoms with Crippen LogP contribution in [-0.4, -0.2) is 33.3 Å². The lowest BCUT2D eigenvalue weighted by molar-refractivity contribution is -0.116. The van der Waals surface area contributed by atoms with Gasteiger partial charge in [0.2, 0.25) is 5.91 Å². The minimum Gasteiger partial charge on any atom is -0.493 e. The van der Waals surface area contributed by atoms with Crippen molar-refractivity contribution in [2.75, 3.05) is 27.4 Å². The molecule has 1 aliphatic carbocycles. The summed E-state index contributed by atoms with van der Waals surface area (Å²) >= 11 is 0. The third kappa shape index (κ3) is 5.06. The van der Waals surface area contributed by atoms with Crippen LogP contribution in [0.15, 0.2) is 40.8 Å². The number of ether oxygens (including phenoxy) is 3. The predicted molar refractivity (Wildman–Crippen MR) is 134 cm³/mol. The maximum Gasteiger partial charge on any atom is 0.244 e. The van der Waals surface area contributed by atoms with E-state index in [2.05, 4.69) is 11.4 Å². The molecule has 0 atom stereocenters. The molecule has 4 rings (SSSR count). The zero-order valence-electron chi connectivity index (χ0n) is 20.5. The number of hydrogen-bond donors (Lipinski definition) is 1. The van der Waals surface area contributed by atoms with E-state index in [0.717, 1.165) is 52.0 Å². The second-order valence-corrected chi connectivity index (χ2v) is 8.55. The number of hydrogen-bond acceptors (Lipinski definition) is 5. The lowest BCUT2D eigenvalue weighted by Crippen LogP contribution is -2.23. The highest BCUT2D eigenvalue weighted by atomic mass is 16.5. The Labute approximate surface area is 200 Å². The predicted octanol–water partition coefficient (Wildman–Crippen LogP) is 5.49. The van der Waals surface area contributed by atoms with Gasteiger partial charge in [-0.2, -0.15) is 0 Å². The molecule has 0 fully saturated rings. The standard InChI is InChI=1S/C28H33NO5/c1-5-33-25-17-26-22(20-8-6-7-9-23(20)34-26)16-21(25)18(2)14-28(30)29-13-12-19-10-11-24(31-3)27(15-19)32-4/h10-11,14-17H,5-9,12-13H2,1-4H3,(H,29,30)/b18-14+. The van der Waals surface area contributed by atoms with Crippen molar-refractivity contribution < 1.29 is 23.4 Å². The maximum atomic E-state index is 12.7. The first-order valence-corrected chi connectivity index (χ1v) is 11.9. The second-order valence-electron chi connectivity index (χ2n) is 8.55. The van der Waals surface area contributed by atoms with Crippen LogP contribution in [0.2, 0.25) is 0 Å². The summed E-state index contributed by atoms with van der Waals surface area (Å²) in [7, 11) is 3.23. The fraction of sp³-hybridized carbons (Fsp3) is 0.393. The Bertz CT molecular complexity index is 1210. The summed E-state index contributed by atoms with van der Waals surface area (Å²) in [5.41, 5.74) is 5.02. The van der Waals surface area contributed by atoms with Crippen molar-refractivity contribution in [2.45, 2.75) is 46.0 Å². The Morgan fingerprint density at radius 3 is 2.62 bits per heavy atom. The molecule has 0 bridgehead atoms. The van der Waals surface area contributed by atoms with Crippen LogP contribution in [0.5, 0.6) is 17.2 Å². The smallest absolute Gasteiger partial charge is 0.244 e. The third-order valence-corrected chi connectivity index (χ3v) is 6.29. The number of nitrogens with one attached hydrogen (secondary N) is 1. The first-order chi connectivity index (χ1) is 16.5. The molecule has 0 radical (unpaired) electrons. The number of carbonyl (C=O) groups is 1. The first kappa shape index (κ1) is 23.7. The van der Waals surface area contributed by atoms with E-state index >= 15 is 0 Å².